The molecule has 2 heterocycles. The molecule has 1 aromatic rings. The van der Waals surface area contributed by atoms with Crippen molar-refractivity contribution in [2.45, 2.75) is 16.6 Å². The van der Waals surface area contributed by atoms with Gasteiger partial charge in [0, 0.05) is 32.7 Å². The molecule has 2 N–H and O–H groups in total. The molecule has 1 atom stereocenters. The van der Waals surface area contributed by atoms with Crippen LogP contribution in [0.1, 0.15) is 5.56 Å². The Hall–Kier alpha value is -1.11. The number of hydrogen-bond acceptors (Lipinski definition) is 5. The molecule has 0 amide bonds. The number of fused-ring (bicyclic) bond motifs is 1. The van der Waals surface area contributed by atoms with Gasteiger partial charge in [0.1, 0.15) is 5.75 Å². The van der Waals surface area contributed by atoms with E-state index in [1.54, 1.807) is 6.07 Å². The van der Waals surface area contributed by atoms with Crippen LogP contribution in [0.2, 0.25) is 0 Å². The lowest BCUT2D eigenvalue weighted by Crippen LogP contribution is -2.47. The van der Waals surface area contributed by atoms with E-state index >= 15 is 0 Å². The minimum absolute atomic E-state index is 0.136. The molecule has 0 bridgehead atoms. The molecule has 0 aliphatic carbocycles. The maximum Gasteiger partial charge on any atom is 0.183 e. The lowest BCUT2D eigenvalue weighted by molar-refractivity contribution is 0.240. The number of sulfone groups is 1. The highest BCUT2D eigenvalue weighted by Crippen LogP contribution is 2.33. The van der Waals surface area contributed by atoms with Crippen molar-refractivity contribution in [1.29, 1.82) is 0 Å². The van der Waals surface area contributed by atoms with Crippen LogP contribution >= 0.6 is 0 Å². The van der Waals surface area contributed by atoms with Crippen molar-refractivity contribution in [3.05, 3.63) is 23.8 Å². The zero-order valence-electron chi connectivity index (χ0n) is 10.7. The fourth-order valence-electron chi connectivity index (χ4n) is 2.88. The van der Waals surface area contributed by atoms with E-state index in [4.69, 9.17) is 0 Å². The second-order valence-corrected chi connectivity index (χ2v) is 7.41. The smallest absolute Gasteiger partial charge is 0.183 e. The van der Waals surface area contributed by atoms with E-state index in [9.17, 15) is 13.5 Å². The molecule has 5 nitrogen and oxygen atoms in total. The van der Waals surface area contributed by atoms with Crippen LogP contribution in [-0.4, -0.2) is 56.4 Å². The molecule has 0 spiro atoms. The molecule has 2 aliphatic rings. The van der Waals surface area contributed by atoms with Crippen molar-refractivity contribution < 1.29 is 13.5 Å². The minimum Gasteiger partial charge on any atom is -0.508 e. The fraction of sp³-hybridized carbons (Fsp3) is 0.538. The molecule has 0 radical (unpaired) electrons. The van der Waals surface area contributed by atoms with E-state index in [1.807, 2.05) is 0 Å². The molecule has 0 saturated carbocycles. The van der Waals surface area contributed by atoms with E-state index < -0.39 is 9.84 Å². The maximum absolute atomic E-state index is 12.4. The van der Waals surface area contributed by atoms with Gasteiger partial charge in [-0.1, -0.05) is 0 Å². The molecule has 0 aromatic heterocycles. The first kappa shape index (κ1) is 12.9. The highest BCUT2D eigenvalue weighted by atomic mass is 32.2. The van der Waals surface area contributed by atoms with Crippen LogP contribution < -0.4 is 5.32 Å². The predicted molar refractivity (Wildman–Crippen MR) is 72.1 cm³/mol. The SMILES string of the molecule is O=S1(=O)c2ccc(O)cc2CC1CN1CCNCC1. The normalized spacial score (nSPS) is 26.2. The Morgan fingerprint density at radius 1 is 1.32 bits per heavy atom. The van der Waals surface area contributed by atoms with Crippen molar-refractivity contribution >= 4 is 9.84 Å². The van der Waals surface area contributed by atoms with Gasteiger partial charge in [0.2, 0.25) is 0 Å². The van der Waals surface area contributed by atoms with Crippen LogP contribution in [0.4, 0.5) is 0 Å². The maximum atomic E-state index is 12.4. The van der Waals surface area contributed by atoms with Gasteiger partial charge in [0.05, 0.1) is 10.1 Å². The summed E-state index contributed by atoms with van der Waals surface area (Å²) in [6.45, 7) is 4.21. The van der Waals surface area contributed by atoms with E-state index in [1.165, 1.54) is 12.1 Å². The number of nitrogens with one attached hydrogen (secondary N) is 1. The summed E-state index contributed by atoms with van der Waals surface area (Å²) in [5, 5.41) is 12.3. The summed E-state index contributed by atoms with van der Waals surface area (Å²) in [5.74, 6) is 0.136. The molecular formula is C13H18N2O3S. The Morgan fingerprint density at radius 3 is 2.79 bits per heavy atom. The van der Waals surface area contributed by atoms with E-state index in [0.717, 1.165) is 31.7 Å². The van der Waals surface area contributed by atoms with Crippen molar-refractivity contribution in [3.63, 3.8) is 0 Å². The monoisotopic (exact) mass is 282 g/mol. The van der Waals surface area contributed by atoms with Gasteiger partial charge in [-0.25, -0.2) is 8.42 Å². The highest BCUT2D eigenvalue weighted by Gasteiger charge is 2.38. The summed E-state index contributed by atoms with van der Waals surface area (Å²) in [4.78, 5) is 2.59. The molecular weight excluding hydrogens is 264 g/mol. The van der Waals surface area contributed by atoms with E-state index in [-0.39, 0.29) is 11.0 Å². The molecule has 104 valence electrons. The summed E-state index contributed by atoms with van der Waals surface area (Å²) >= 11 is 0. The van der Waals surface area contributed by atoms with Gasteiger partial charge in [-0.3, -0.25) is 4.90 Å². The molecule has 1 fully saturated rings. The van der Waals surface area contributed by atoms with E-state index in [0.29, 0.717) is 17.9 Å². The number of benzene rings is 1. The largest absolute Gasteiger partial charge is 0.508 e. The fourth-order valence-corrected chi connectivity index (χ4v) is 4.81. The molecule has 2 aliphatic heterocycles. The van der Waals surface area contributed by atoms with Crippen molar-refractivity contribution in [2.24, 2.45) is 0 Å². The van der Waals surface area contributed by atoms with Gasteiger partial charge in [0.25, 0.3) is 0 Å². The number of phenols is 1. The van der Waals surface area contributed by atoms with E-state index in [2.05, 4.69) is 10.2 Å². The first-order valence-electron chi connectivity index (χ1n) is 6.56. The molecule has 1 unspecified atom stereocenters. The van der Waals surface area contributed by atoms with Crippen LogP contribution in [0.5, 0.6) is 5.75 Å². The second-order valence-electron chi connectivity index (χ2n) is 5.21. The van der Waals surface area contributed by atoms with Crippen LogP contribution in [0, 0.1) is 0 Å². The third-order valence-electron chi connectivity index (χ3n) is 3.91. The van der Waals surface area contributed by atoms with Crippen LogP contribution in [-0.2, 0) is 16.3 Å². The summed E-state index contributed by atoms with van der Waals surface area (Å²) in [7, 11) is -3.24. The van der Waals surface area contributed by atoms with Crippen molar-refractivity contribution in [1.82, 2.24) is 10.2 Å². The average molecular weight is 282 g/mol. The van der Waals surface area contributed by atoms with Gasteiger partial charge in [-0.15, -0.1) is 0 Å². The van der Waals surface area contributed by atoms with Gasteiger partial charge in [-0.2, -0.15) is 0 Å². The van der Waals surface area contributed by atoms with Gasteiger partial charge in [0.15, 0.2) is 9.84 Å². The lowest BCUT2D eigenvalue weighted by Gasteiger charge is -2.29. The number of piperazine rings is 1. The number of nitrogens with zero attached hydrogens (tertiary/aromatic N) is 1. The third kappa shape index (κ3) is 2.35. The van der Waals surface area contributed by atoms with Crippen LogP contribution in [0.3, 0.4) is 0 Å². The van der Waals surface area contributed by atoms with Gasteiger partial charge in [-0.05, 0) is 30.2 Å². The standard InChI is InChI=1S/C13H18N2O3S/c16-11-1-2-13-10(7-11)8-12(19(13,17)18)9-15-5-3-14-4-6-15/h1-2,7,12,14,16H,3-6,8-9H2. The minimum atomic E-state index is -3.24. The van der Waals surface area contributed by atoms with Crippen molar-refractivity contribution in [3.8, 4) is 5.75 Å². The Balaban J connectivity index is 1.82. The Kier molecular flexibility index (Phi) is 3.24. The molecule has 1 aromatic carbocycles. The number of phenolic OH excluding ortho intramolecular Hbond substituents is 1. The van der Waals surface area contributed by atoms with Crippen LogP contribution in [0.15, 0.2) is 23.1 Å². The topological polar surface area (TPSA) is 69.6 Å². The summed E-state index contributed by atoms with van der Waals surface area (Å²) in [6, 6.07) is 4.55. The Labute approximate surface area is 113 Å². The first-order valence-corrected chi connectivity index (χ1v) is 8.11. The van der Waals surface area contributed by atoms with Gasteiger partial charge < -0.3 is 10.4 Å². The molecule has 3 rings (SSSR count). The zero-order valence-corrected chi connectivity index (χ0v) is 11.5. The quantitative estimate of drug-likeness (QED) is 0.799. The highest BCUT2D eigenvalue weighted by molar-refractivity contribution is 7.92. The lowest BCUT2D eigenvalue weighted by atomic mass is 10.1. The Bertz CT molecular complexity index is 580. The summed E-state index contributed by atoms with van der Waals surface area (Å²) in [5.41, 5.74) is 0.750. The summed E-state index contributed by atoms with van der Waals surface area (Å²) < 4.78 is 24.9. The van der Waals surface area contributed by atoms with Crippen LogP contribution in [0.25, 0.3) is 0 Å². The molecule has 6 heteroatoms. The zero-order chi connectivity index (χ0) is 13.5. The van der Waals surface area contributed by atoms with Crippen molar-refractivity contribution in [2.75, 3.05) is 32.7 Å². The van der Waals surface area contributed by atoms with Gasteiger partial charge >= 0.3 is 0 Å². The first-order chi connectivity index (χ1) is 9.07. The number of aromatic hydroxyl groups is 1. The average Bonchev–Trinajstić information content (AvgIpc) is 2.62. The number of rotatable bonds is 2. The summed E-state index contributed by atoms with van der Waals surface area (Å²) in [6.07, 6.45) is 0.510. The Morgan fingerprint density at radius 2 is 2.05 bits per heavy atom. The second kappa shape index (κ2) is 4.77. The predicted octanol–water partition coefficient (Wildman–Crippen LogP) is -0.00420. The third-order valence-corrected chi connectivity index (χ3v) is 6.11. The number of hydrogen-bond donors (Lipinski definition) is 2. The molecule has 19 heavy (non-hydrogen) atoms. The molecule has 1 saturated heterocycles.